The van der Waals surface area contributed by atoms with Crippen molar-refractivity contribution in [1.29, 1.82) is 0 Å². The van der Waals surface area contributed by atoms with Gasteiger partial charge in [-0.05, 0) is 48.1 Å². The van der Waals surface area contributed by atoms with E-state index in [4.69, 9.17) is 10.5 Å². The summed E-state index contributed by atoms with van der Waals surface area (Å²) in [5, 5.41) is 2.68. The van der Waals surface area contributed by atoms with E-state index >= 15 is 0 Å². The minimum Gasteiger partial charge on any atom is -0.489 e. The fourth-order valence-corrected chi connectivity index (χ4v) is 4.13. The van der Waals surface area contributed by atoms with Gasteiger partial charge >= 0.3 is 0 Å². The van der Waals surface area contributed by atoms with Crippen LogP contribution in [-0.4, -0.2) is 29.6 Å². The Morgan fingerprint density at radius 2 is 1.47 bits per heavy atom. The lowest BCUT2D eigenvalue weighted by molar-refractivity contribution is -0.137. The Hall–Kier alpha value is -3.77. The lowest BCUT2D eigenvalue weighted by Gasteiger charge is -2.14. The van der Waals surface area contributed by atoms with Crippen molar-refractivity contribution in [1.82, 2.24) is 5.32 Å². The van der Waals surface area contributed by atoms with Crippen LogP contribution in [0.2, 0.25) is 0 Å². The highest BCUT2D eigenvalue weighted by atomic mass is 16.5. The van der Waals surface area contributed by atoms with Gasteiger partial charge in [0.1, 0.15) is 12.4 Å². The second-order valence-electron chi connectivity index (χ2n) is 8.55. The van der Waals surface area contributed by atoms with Crippen molar-refractivity contribution in [3.8, 4) is 5.75 Å². The zero-order valence-electron chi connectivity index (χ0n) is 18.9. The highest BCUT2D eigenvalue weighted by Crippen LogP contribution is 2.20. The molecule has 0 spiro atoms. The smallest absolute Gasteiger partial charge is 0.238 e. The third-order valence-corrected chi connectivity index (χ3v) is 6.05. The van der Waals surface area contributed by atoms with Crippen LogP contribution in [0, 0.1) is 5.92 Å². The zero-order chi connectivity index (χ0) is 23.9. The van der Waals surface area contributed by atoms with Crippen LogP contribution in [0.25, 0.3) is 0 Å². The Bertz CT molecular complexity index is 1130. The standard InChI is InChI=1S/C28H28N2O4/c29-23(17-20-11-14-22(15-12-20)34-18-21-9-5-2-6-10-21)26(31)25-27(32)24(30-28(25)33)16-13-19-7-3-1-4-8-19/h1-12,14-15,23-25H,13,16-18,29H2,(H,30,33). The average molecular weight is 457 g/mol. The first-order valence-corrected chi connectivity index (χ1v) is 11.4. The molecule has 0 saturated carbocycles. The third-order valence-electron chi connectivity index (χ3n) is 6.05. The number of Topliss-reactive ketones (excluding diaryl/α,β-unsaturated/α-hetero) is 2. The monoisotopic (exact) mass is 456 g/mol. The first-order valence-electron chi connectivity index (χ1n) is 11.4. The van der Waals surface area contributed by atoms with Crippen molar-refractivity contribution < 1.29 is 19.1 Å². The molecule has 1 heterocycles. The topological polar surface area (TPSA) is 98.5 Å². The summed E-state index contributed by atoms with van der Waals surface area (Å²) in [4.78, 5) is 38.1. The zero-order valence-corrected chi connectivity index (χ0v) is 18.9. The lowest BCUT2D eigenvalue weighted by Crippen LogP contribution is -2.42. The molecule has 6 heteroatoms. The van der Waals surface area contributed by atoms with Crippen molar-refractivity contribution in [2.24, 2.45) is 11.7 Å². The summed E-state index contributed by atoms with van der Waals surface area (Å²) in [5.74, 6) is -2.09. The molecule has 3 unspecified atom stereocenters. The number of nitrogens with two attached hydrogens (primary N) is 1. The van der Waals surface area contributed by atoms with Gasteiger partial charge in [0.05, 0.1) is 12.1 Å². The number of amides is 1. The van der Waals surface area contributed by atoms with E-state index in [2.05, 4.69) is 5.32 Å². The molecule has 1 aliphatic rings. The maximum absolute atomic E-state index is 12.9. The highest BCUT2D eigenvalue weighted by Gasteiger charge is 2.46. The van der Waals surface area contributed by atoms with Gasteiger partial charge in [0.2, 0.25) is 5.91 Å². The fourth-order valence-electron chi connectivity index (χ4n) is 4.13. The van der Waals surface area contributed by atoms with Gasteiger partial charge in [0, 0.05) is 0 Å². The molecular formula is C28H28N2O4. The third kappa shape index (κ3) is 5.77. The lowest BCUT2D eigenvalue weighted by atomic mass is 9.89. The van der Waals surface area contributed by atoms with Crippen LogP contribution < -0.4 is 15.8 Å². The summed E-state index contributed by atoms with van der Waals surface area (Å²) in [6, 6.07) is 25.3. The molecule has 0 bridgehead atoms. The van der Waals surface area contributed by atoms with Gasteiger partial charge in [-0.15, -0.1) is 0 Å². The molecule has 3 aromatic rings. The molecule has 1 fully saturated rings. The molecule has 6 nitrogen and oxygen atoms in total. The number of ketones is 2. The molecule has 1 amide bonds. The van der Waals surface area contributed by atoms with E-state index in [-0.39, 0.29) is 12.2 Å². The molecule has 0 aliphatic carbocycles. The number of ether oxygens (including phenoxy) is 1. The highest BCUT2D eigenvalue weighted by molar-refractivity contribution is 6.25. The summed E-state index contributed by atoms with van der Waals surface area (Å²) in [6.07, 6.45) is 1.34. The summed E-state index contributed by atoms with van der Waals surface area (Å²) in [6.45, 7) is 0.461. The predicted molar refractivity (Wildman–Crippen MR) is 129 cm³/mol. The SMILES string of the molecule is NC(Cc1ccc(OCc2ccccc2)cc1)C(=O)C1C(=O)NC(CCc2ccccc2)C1=O. The fraction of sp³-hybridized carbons (Fsp3) is 0.250. The van der Waals surface area contributed by atoms with Crippen LogP contribution in [0.1, 0.15) is 23.1 Å². The summed E-state index contributed by atoms with van der Waals surface area (Å²) in [7, 11) is 0. The Balaban J connectivity index is 1.30. The Labute approximate surface area is 199 Å². The van der Waals surface area contributed by atoms with Gasteiger partial charge in [0.15, 0.2) is 17.5 Å². The van der Waals surface area contributed by atoms with Crippen LogP contribution in [0.4, 0.5) is 0 Å². The quantitative estimate of drug-likeness (QED) is 0.457. The van der Waals surface area contributed by atoms with Crippen molar-refractivity contribution in [3.63, 3.8) is 0 Å². The maximum atomic E-state index is 12.9. The van der Waals surface area contributed by atoms with Crippen LogP contribution in [-0.2, 0) is 33.8 Å². The Kier molecular flexibility index (Phi) is 7.50. The molecule has 174 valence electrons. The van der Waals surface area contributed by atoms with E-state index in [0.29, 0.717) is 25.2 Å². The van der Waals surface area contributed by atoms with E-state index in [9.17, 15) is 14.4 Å². The van der Waals surface area contributed by atoms with Crippen LogP contribution in [0.5, 0.6) is 5.75 Å². The van der Waals surface area contributed by atoms with Gasteiger partial charge in [-0.3, -0.25) is 14.4 Å². The molecule has 1 aliphatic heterocycles. The van der Waals surface area contributed by atoms with Crippen LogP contribution in [0.3, 0.4) is 0 Å². The molecule has 34 heavy (non-hydrogen) atoms. The van der Waals surface area contributed by atoms with E-state index in [1.807, 2.05) is 84.9 Å². The molecule has 0 aromatic heterocycles. The van der Waals surface area contributed by atoms with Crippen molar-refractivity contribution in [3.05, 3.63) is 102 Å². The minimum absolute atomic E-state index is 0.240. The van der Waals surface area contributed by atoms with Gasteiger partial charge < -0.3 is 15.8 Å². The number of hydrogen-bond acceptors (Lipinski definition) is 5. The van der Waals surface area contributed by atoms with Gasteiger partial charge in [0.25, 0.3) is 0 Å². The second kappa shape index (κ2) is 10.9. The van der Waals surface area contributed by atoms with E-state index < -0.39 is 29.7 Å². The molecular weight excluding hydrogens is 428 g/mol. The number of nitrogens with one attached hydrogen (secondary N) is 1. The van der Waals surface area contributed by atoms with E-state index in [0.717, 1.165) is 16.7 Å². The van der Waals surface area contributed by atoms with Crippen molar-refractivity contribution >= 4 is 17.5 Å². The molecule has 3 aromatic carbocycles. The number of carbonyl (C=O) groups is 3. The molecule has 3 atom stereocenters. The largest absolute Gasteiger partial charge is 0.489 e. The van der Waals surface area contributed by atoms with Crippen LogP contribution in [0.15, 0.2) is 84.9 Å². The van der Waals surface area contributed by atoms with E-state index in [1.165, 1.54) is 0 Å². The molecule has 3 N–H and O–H groups in total. The summed E-state index contributed by atoms with van der Waals surface area (Å²) >= 11 is 0. The van der Waals surface area contributed by atoms with Crippen LogP contribution >= 0.6 is 0 Å². The van der Waals surface area contributed by atoms with Crippen molar-refractivity contribution in [2.45, 2.75) is 38.0 Å². The first kappa shape index (κ1) is 23.4. The van der Waals surface area contributed by atoms with Gasteiger partial charge in [-0.25, -0.2) is 0 Å². The summed E-state index contributed by atoms with van der Waals surface area (Å²) < 4.78 is 5.78. The minimum atomic E-state index is -1.33. The van der Waals surface area contributed by atoms with Gasteiger partial charge in [-0.1, -0.05) is 72.8 Å². The Morgan fingerprint density at radius 1 is 0.853 bits per heavy atom. The molecule has 1 saturated heterocycles. The summed E-state index contributed by atoms with van der Waals surface area (Å²) in [5.41, 5.74) is 9.10. The number of carbonyl (C=O) groups excluding carboxylic acids is 3. The number of aryl methyl sites for hydroxylation is 1. The Morgan fingerprint density at radius 3 is 2.12 bits per heavy atom. The molecule has 0 radical (unpaired) electrons. The maximum Gasteiger partial charge on any atom is 0.238 e. The first-order chi connectivity index (χ1) is 16.5. The predicted octanol–water partition coefficient (Wildman–Crippen LogP) is 3.02. The number of benzene rings is 3. The second-order valence-corrected chi connectivity index (χ2v) is 8.55. The van der Waals surface area contributed by atoms with E-state index in [1.54, 1.807) is 0 Å². The van der Waals surface area contributed by atoms with Crippen molar-refractivity contribution in [2.75, 3.05) is 0 Å². The normalized spacial score (nSPS) is 18.4. The molecule has 4 rings (SSSR count). The van der Waals surface area contributed by atoms with Gasteiger partial charge in [-0.2, -0.15) is 0 Å². The number of hydrogen-bond donors (Lipinski definition) is 2. The number of rotatable bonds is 10. The average Bonchev–Trinajstić information content (AvgIpc) is 3.15.